The topological polar surface area (TPSA) is 475 Å². The van der Waals surface area contributed by atoms with Crippen molar-refractivity contribution < 1.29 is 144 Å². The van der Waals surface area contributed by atoms with Gasteiger partial charge >= 0.3 is 0 Å². The summed E-state index contributed by atoms with van der Waals surface area (Å²) in [6.45, 7) is -0.298. The highest BCUT2D eigenvalue weighted by Gasteiger charge is 2.58. The van der Waals surface area contributed by atoms with Crippen LogP contribution in [0.3, 0.4) is 0 Å². The van der Waals surface area contributed by atoms with Gasteiger partial charge in [0.25, 0.3) is 0 Å². The summed E-state index contributed by atoms with van der Waals surface area (Å²) in [5.74, 6) is -0.859. The highest BCUT2D eigenvalue weighted by atomic mass is 16.8. The Morgan fingerprint density at radius 2 is 0.794 bits per heavy atom. The lowest BCUT2D eigenvalue weighted by Gasteiger charge is -2.51. The maximum Gasteiger partial charge on any atom is 0.217 e. The van der Waals surface area contributed by atoms with Gasteiger partial charge < -0.3 is 144 Å². The molecule has 0 aromatic heterocycles. The summed E-state index contributed by atoms with van der Waals surface area (Å²) in [4.78, 5) is 12.8. The van der Waals surface area contributed by atoms with E-state index in [0.29, 0.717) is 0 Å². The fourth-order valence-electron chi connectivity index (χ4n) is 8.77. The first-order valence-electron chi connectivity index (χ1n) is 21.8. The Balaban J connectivity index is 1.28. The van der Waals surface area contributed by atoms with Gasteiger partial charge in [-0.1, -0.05) is 0 Å². The van der Waals surface area contributed by atoms with Gasteiger partial charge in [-0.2, -0.15) is 0 Å². The summed E-state index contributed by atoms with van der Waals surface area (Å²) in [7, 11) is 0. The van der Waals surface area contributed by atoms with Crippen molar-refractivity contribution in [1.29, 1.82) is 0 Å². The van der Waals surface area contributed by atoms with E-state index in [1.54, 1.807) is 0 Å². The van der Waals surface area contributed by atoms with Crippen LogP contribution in [0, 0.1) is 0 Å². The van der Waals surface area contributed by atoms with Crippen LogP contribution in [0.1, 0.15) is 20.8 Å². The summed E-state index contributed by atoms with van der Waals surface area (Å²) >= 11 is 0. The molecule has 0 aromatic carbocycles. The smallest absolute Gasteiger partial charge is 0.217 e. The Labute approximate surface area is 386 Å². The first-order valence-corrected chi connectivity index (χ1v) is 21.8. The lowest BCUT2D eigenvalue weighted by Crippen LogP contribution is -2.70. The lowest BCUT2D eigenvalue weighted by atomic mass is 9.94. The molecule has 0 spiro atoms. The van der Waals surface area contributed by atoms with E-state index in [4.69, 9.17) is 52.1 Å². The number of ether oxygens (including phenoxy) is 11. The number of aliphatic hydroxyl groups is 17. The number of hydrogen-bond donors (Lipinski definition) is 18. The number of carbonyl (C=O) groups is 1. The van der Waals surface area contributed by atoms with Crippen molar-refractivity contribution in [3.05, 3.63) is 0 Å². The first kappa shape index (κ1) is 55.7. The molecule has 1 amide bonds. The second kappa shape index (κ2) is 23.5. The van der Waals surface area contributed by atoms with Crippen LogP contribution in [0.25, 0.3) is 0 Å². The van der Waals surface area contributed by atoms with Crippen LogP contribution in [0.2, 0.25) is 0 Å². The molecule has 0 aliphatic carbocycles. The van der Waals surface area contributed by atoms with Crippen LogP contribution < -0.4 is 5.32 Å². The molecular formula is C38H65NO29. The van der Waals surface area contributed by atoms with E-state index in [-0.39, 0.29) is 0 Å². The van der Waals surface area contributed by atoms with Crippen molar-refractivity contribution in [1.82, 2.24) is 5.32 Å². The minimum Gasteiger partial charge on any atom is -0.394 e. The summed E-state index contributed by atoms with van der Waals surface area (Å²) in [5, 5.41) is 184. The van der Waals surface area contributed by atoms with Crippen LogP contribution >= 0.6 is 0 Å². The zero-order valence-electron chi connectivity index (χ0n) is 36.7. The molecule has 6 rings (SSSR count). The van der Waals surface area contributed by atoms with Gasteiger partial charge in [0.1, 0.15) is 134 Å². The van der Waals surface area contributed by atoms with E-state index in [0.717, 1.165) is 6.92 Å². The molecule has 6 fully saturated rings. The zero-order chi connectivity index (χ0) is 50.2. The van der Waals surface area contributed by atoms with Crippen LogP contribution in [-0.4, -0.2) is 303 Å². The maximum atomic E-state index is 12.8. The molecule has 30 heteroatoms. The Morgan fingerprint density at radius 3 is 1.31 bits per heavy atom. The fraction of sp³-hybridized carbons (Fsp3) is 0.974. The normalized spacial score (nSPS) is 52.6. The van der Waals surface area contributed by atoms with E-state index in [1.165, 1.54) is 13.8 Å². The van der Waals surface area contributed by atoms with Crippen molar-refractivity contribution in [2.75, 3.05) is 26.4 Å². The molecule has 30 nitrogen and oxygen atoms in total. The zero-order valence-corrected chi connectivity index (χ0v) is 36.7. The van der Waals surface area contributed by atoms with Gasteiger partial charge in [0.15, 0.2) is 37.7 Å². The standard InChI is InChI=1S/C38H65NO29/c1-8-16(45)21(50)24(53)35(58-8)67-31-26(55)33(57)60-14(7-43)28(31)64-37-27(56)30(20(49)13(6-42)62-37)66-34-15(39-10(3)44)29(19(48)12(5-41)61-34)65-38-32(23(52)18(47)11(4-40)63-38)68-36-25(54)22(51)17(46)9(2)59-36/h8-9,11-38,40-43,45-57H,4-7H2,1-3H3,(H,39,44)/t8-,9-,11+,12+,13+,14+,15+,16+,17+,18-,19+,20-,21+,22+,23-,24-,25-,26+,27+,28+,29+,30-,31+,32+,33?,34-,35-,36-,37-,38-/m0/s1. The largest absolute Gasteiger partial charge is 0.394 e. The maximum absolute atomic E-state index is 12.8. The molecule has 6 aliphatic heterocycles. The van der Waals surface area contributed by atoms with E-state index in [9.17, 15) is 91.6 Å². The monoisotopic (exact) mass is 999 g/mol. The molecule has 6 heterocycles. The van der Waals surface area contributed by atoms with Crippen molar-refractivity contribution in [3.63, 3.8) is 0 Å². The molecule has 0 radical (unpaired) electrons. The van der Waals surface area contributed by atoms with Crippen LogP contribution in [-0.2, 0) is 56.9 Å². The molecule has 30 atom stereocenters. The van der Waals surface area contributed by atoms with Crippen molar-refractivity contribution in [2.24, 2.45) is 0 Å². The molecule has 0 aromatic rings. The van der Waals surface area contributed by atoms with Crippen LogP contribution in [0.5, 0.6) is 0 Å². The van der Waals surface area contributed by atoms with Crippen molar-refractivity contribution >= 4 is 5.91 Å². The molecule has 396 valence electrons. The first-order chi connectivity index (χ1) is 32.1. The van der Waals surface area contributed by atoms with Gasteiger partial charge in [-0.3, -0.25) is 4.79 Å². The van der Waals surface area contributed by atoms with Gasteiger partial charge in [-0.15, -0.1) is 0 Å². The Kier molecular flexibility index (Phi) is 19.2. The number of carbonyl (C=O) groups excluding carboxylic acids is 1. The summed E-state index contributed by atoms with van der Waals surface area (Å²) in [6.07, 6.45) is -53.3. The Hall–Kier alpha value is -1.65. The summed E-state index contributed by atoms with van der Waals surface area (Å²) in [5.41, 5.74) is 0. The second-order valence-corrected chi connectivity index (χ2v) is 17.5. The van der Waals surface area contributed by atoms with E-state index < -0.39 is 217 Å². The van der Waals surface area contributed by atoms with Crippen molar-refractivity contribution in [3.8, 4) is 0 Å². The molecule has 0 bridgehead atoms. The minimum absolute atomic E-state index is 0.859. The third kappa shape index (κ3) is 11.4. The third-order valence-corrected chi connectivity index (χ3v) is 12.8. The molecule has 68 heavy (non-hydrogen) atoms. The van der Waals surface area contributed by atoms with Gasteiger partial charge in [-0.25, -0.2) is 0 Å². The average molecular weight is 1000 g/mol. The van der Waals surface area contributed by atoms with Gasteiger partial charge in [0.05, 0.1) is 38.6 Å². The number of rotatable bonds is 15. The third-order valence-electron chi connectivity index (χ3n) is 12.8. The lowest BCUT2D eigenvalue weighted by molar-refractivity contribution is -0.395. The van der Waals surface area contributed by atoms with E-state index >= 15 is 0 Å². The fourth-order valence-corrected chi connectivity index (χ4v) is 8.77. The molecule has 0 saturated carbocycles. The van der Waals surface area contributed by atoms with E-state index in [1.807, 2.05) is 0 Å². The molecular weight excluding hydrogens is 934 g/mol. The number of nitrogens with one attached hydrogen (secondary N) is 1. The molecule has 6 aliphatic rings. The predicted molar refractivity (Wildman–Crippen MR) is 208 cm³/mol. The number of amides is 1. The predicted octanol–water partition coefficient (Wildman–Crippen LogP) is -11.9. The van der Waals surface area contributed by atoms with Gasteiger partial charge in [-0.05, 0) is 13.8 Å². The summed E-state index contributed by atoms with van der Waals surface area (Å²) < 4.78 is 63.1. The number of hydrogen-bond acceptors (Lipinski definition) is 29. The second-order valence-electron chi connectivity index (χ2n) is 17.5. The van der Waals surface area contributed by atoms with Crippen LogP contribution in [0.4, 0.5) is 0 Å². The van der Waals surface area contributed by atoms with Crippen molar-refractivity contribution in [2.45, 2.75) is 205 Å². The van der Waals surface area contributed by atoms with Crippen LogP contribution in [0.15, 0.2) is 0 Å². The number of aliphatic hydroxyl groups excluding tert-OH is 17. The highest BCUT2D eigenvalue weighted by Crippen LogP contribution is 2.37. The minimum atomic E-state index is -2.22. The Morgan fingerprint density at radius 1 is 0.382 bits per heavy atom. The van der Waals surface area contributed by atoms with Gasteiger partial charge in [0, 0.05) is 6.92 Å². The van der Waals surface area contributed by atoms with Gasteiger partial charge in [0.2, 0.25) is 5.91 Å². The molecule has 18 N–H and O–H groups in total. The molecule has 6 saturated heterocycles. The highest BCUT2D eigenvalue weighted by molar-refractivity contribution is 5.73. The summed E-state index contributed by atoms with van der Waals surface area (Å²) in [6, 6.07) is -1.79. The Bertz CT molecular complexity index is 1590. The SMILES string of the molecule is CC(=O)N[C@H]1[C@H](O[C@H]2[C@@H](O)[C@@H](CO)O[C@@H](O[C@H]3[C@H](O[C@@H]4O[C@@H](C)[C@@H](O)[C@@H](O)[C@@H]4O)[C@@H](O)C(O)O[C@@H]3CO)[C@@H]2O)O[C@H](CO)[C@@H](O)[C@@H]1O[C@@H]1O[C@H](CO)[C@H](O)[C@H](O)[C@H]1O[C@@H]1O[C@@H](C)[C@@H](O)[C@@H](O)[C@@H]1O. The quantitative estimate of drug-likeness (QED) is 0.0724. The molecule has 1 unspecified atom stereocenters. The van der Waals surface area contributed by atoms with E-state index in [2.05, 4.69) is 5.32 Å². The average Bonchev–Trinajstić information content (AvgIpc) is 3.31.